The number of fused-ring (bicyclic) bond motifs is 2. The van der Waals surface area contributed by atoms with E-state index in [9.17, 15) is 0 Å². The van der Waals surface area contributed by atoms with E-state index in [1.165, 1.54) is 16.8 Å². The van der Waals surface area contributed by atoms with Gasteiger partial charge in [-0.2, -0.15) is 5.10 Å². The molecule has 0 aliphatic carbocycles. The van der Waals surface area contributed by atoms with Crippen LogP contribution in [-0.4, -0.2) is 49.2 Å². The summed E-state index contributed by atoms with van der Waals surface area (Å²) >= 11 is 0. The minimum Gasteiger partial charge on any atom is -0.353 e. The fraction of sp³-hybridized carbons (Fsp3) is 0.440. The minimum absolute atomic E-state index is 0.327. The summed E-state index contributed by atoms with van der Waals surface area (Å²) in [5.74, 6) is 0.781. The van der Waals surface area contributed by atoms with Crippen LogP contribution in [0.1, 0.15) is 60.9 Å². The van der Waals surface area contributed by atoms with Crippen LogP contribution >= 0.6 is 0 Å². The van der Waals surface area contributed by atoms with Gasteiger partial charge >= 0.3 is 0 Å². The minimum atomic E-state index is 0.327. The Labute approximate surface area is 188 Å². The molecule has 4 aromatic heterocycles. The number of aryl methyl sites for hydroxylation is 1. The maximum atomic E-state index is 7.10. The average Bonchev–Trinajstić information content (AvgIpc) is 3.41. The van der Waals surface area contributed by atoms with Gasteiger partial charge in [0.05, 0.1) is 16.7 Å². The van der Waals surface area contributed by atoms with Crippen molar-refractivity contribution in [2.75, 3.05) is 19.8 Å². The van der Waals surface area contributed by atoms with Crippen LogP contribution in [0.15, 0.2) is 24.7 Å². The Balaban J connectivity index is 1.59. The molecule has 32 heavy (non-hydrogen) atoms. The lowest BCUT2D eigenvalue weighted by Crippen LogP contribution is -2.32. The predicted molar refractivity (Wildman–Crippen MR) is 127 cm³/mol. The Hall–Kier alpha value is -3.24. The number of rotatable bonds is 4. The monoisotopic (exact) mass is 427 g/mol. The molecule has 0 saturated carbocycles. The van der Waals surface area contributed by atoms with Crippen LogP contribution in [0.4, 0.5) is 0 Å². The van der Waals surface area contributed by atoms with Crippen molar-refractivity contribution in [3.05, 3.63) is 58.5 Å². The molecular weight excluding hydrogens is 398 g/mol. The lowest BCUT2D eigenvalue weighted by Gasteiger charge is -2.28. The normalized spacial score (nSPS) is 15.8. The molecule has 0 radical (unpaired) electrons. The van der Waals surface area contributed by atoms with Gasteiger partial charge in [-0.1, -0.05) is 13.8 Å². The fourth-order valence-electron chi connectivity index (χ4n) is 5.03. The highest BCUT2D eigenvalue weighted by Gasteiger charge is 2.25. The highest BCUT2D eigenvalue weighted by atomic mass is 15.3. The summed E-state index contributed by atoms with van der Waals surface area (Å²) in [6.07, 6.45) is 5.81. The molecule has 1 fully saturated rings. The number of likely N-dealkylation sites (tertiary alicyclic amines) is 1. The van der Waals surface area contributed by atoms with Crippen LogP contribution < -0.4 is 0 Å². The first-order chi connectivity index (χ1) is 15.5. The maximum Gasteiger partial charge on any atom is 0.270 e. The van der Waals surface area contributed by atoms with Crippen LogP contribution in [0, 0.1) is 20.4 Å². The highest BCUT2D eigenvalue weighted by Crippen LogP contribution is 2.38. The van der Waals surface area contributed by atoms with E-state index in [0.29, 0.717) is 18.5 Å². The molecule has 7 heteroatoms. The molecule has 0 bridgehead atoms. The highest BCUT2D eigenvalue weighted by molar-refractivity contribution is 5.89. The lowest BCUT2D eigenvalue weighted by molar-refractivity contribution is 0.230. The number of H-pyrrole nitrogens is 1. The number of piperidine rings is 1. The Morgan fingerprint density at radius 2 is 1.97 bits per heavy atom. The fourth-order valence-corrected chi connectivity index (χ4v) is 5.03. The van der Waals surface area contributed by atoms with Crippen LogP contribution in [0.5, 0.6) is 0 Å². The second-order valence-corrected chi connectivity index (χ2v) is 9.21. The zero-order chi connectivity index (χ0) is 22.4. The van der Waals surface area contributed by atoms with Crippen LogP contribution in [0.25, 0.3) is 32.8 Å². The molecule has 0 atom stereocenters. The molecule has 1 N–H and O–H groups in total. The quantitative estimate of drug-likeness (QED) is 0.462. The van der Waals surface area contributed by atoms with Gasteiger partial charge in [0.25, 0.3) is 6.67 Å². The van der Waals surface area contributed by atoms with Gasteiger partial charge < -0.3 is 4.98 Å². The third kappa shape index (κ3) is 3.35. The Bertz CT molecular complexity index is 1330. The molecule has 5 heterocycles. The number of pyridine rings is 2. The Kier molecular flexibility index (Phi) is 5.18. The second kappa shape index (κ2) is 8.03. The molecule has 5 rings (SSSR count). The summed E-state index contributed by atoms with van der Waals surface area (Å²) in [6.45, 7) is 18.3. The zero-order valence-electron chi connectivity index (χ0n) is 19.2. The number of aromatic nitrogens is 5. The molecular formula is C25H29N7. The molecule has 1 aliphatic rings. The first-order valence-electron chi connectivity index (χ1n) is 11.4. The van der Waals surface area contributed by atoms with Gasteiger partial charge in [-0.3, -0.25) is 9.83 Å². The van der Waals surface area contributed by atoms with Gasteiger partial charge in [0.1, 0.15) is 6.33 Å². The Morgan fingerprint density at radius 3 is 2.69 bits per heavy atom. The molecule has 1 saturated heterocycles. The molecule has 7 nitrogen and oxygen atoms in total. The van der Waals surface area contributed by atoms with Crippen LogP contribution in [-0.2, 0) is 0 Å². The number of nitrogens with one attached hydrogen (secondary N) is 1. The van der Waals surface area contributed by atoms with Crippen LogP contribution in [0.3, 0.4) is 0 Å². The number of nitrogens with zero attached hydrogens (tertiary/aromatic N) is 6. The third-order valence-corrected chi connectivity index (χ3v) is 6.95. The summed E-state index contributed by atoms with van der Waals surface area (Å²) in [5.41, 5.74) is 10.1. The van der Waals surface area contributed by atoms with Crippen LogP contribution in [0.2, 0.25) is 0 Å². The van der Waals surface area contributed by atoms with Gasteiger partial charge in [0, 0.05) is 42.0 Å². The van der Waals surface area contributed by atoms with Gasteiger partial charge in [-0.25, -0.2) is 21.0 Å². The lowest BCUT2D eigenvalue weighted by atomic mass is 9.92. The number of hydrogen-bond acceptors (Lipinski definition) is 4. The third-order valence-electron chi connectivity index (χ3n) is 6.95. The molecule has 0 amide bonds. The van der Waals surface area contributed by atoms with E-state index in [-0.39, 0.29) is 0 Å². The predicted octanol–water partition coefficient (Wildman–Crippen LogP) is 5.07. The molecule has 164 valence electrons. The molecule has 1 aliphatic heterocycles. The van der Waals surface area contributed by atoms with Crippen molar-refractivity contribution in [3.63, 3.8) is 0 Å². The summed E-state index contributed by atoms with van der Waals surface area (Å²) in [5, 5.41) is 4.38. The average molecular weight is 428 g/mol. The van der Waals surface area contributed by atoms with E-state index >= 15 is 0 Å². The second-order valence-electron chi connectivity index (χ2n) is 9.21. The van der Waals surface area contributed by atoms with E-state index in [2.05, 4.69) is 70.8 Å². The van der Waals surface area contributed by atoms with Gasteiger partial charge in [-0.05, 0) is 55.9 Å². The van der Waals surface area contributed by atoms with Crippen molar-refractivity contribution in [3.8, 4) is 11.3 Å². The van der Waals surface area contributed by atoms with E-state index in [0.717, 1.165) is 59.4 Å². The van der Waals surface area contributed by atoms with E-state index in [1.807, 2.05) is 4.52 Å². The Morgan fingerprint density at radius 1 is 1.19 bits per heavy atom. The van der Waals surface area contributed by atoms with Crippen molar-refractivity contribution in [1.29, 1.82) is 0 Å². The van der Waals surface area contributed by atoms with Crippen molar-refractivity contribution in [1.82, 2.24) is 29.5 Å². The summed E-state index contributed by atoms with van der Waals surface area (Å²) in [6, 6.07) is 4.37. The van der Waals surface area contributed by atoms with Gasteiger partial charge in [-0.15, -0.1) is 0 Å². The van der Waals surface area contributed by atoms with Crippen molar-refractivity contribution in [2.24, 2.45) is 0 Å². The van der Waals surface area contributed by atoms with Crippen molar-refractivity contribution in [2.45, 2.75) is 52.4 Å². The number of hydrogen-bond donors (Lipinski definition) is 1. The van der Waals surface area contributed by atoms with E-state index < -0.39 is 0 Å². The van der Waals surface area contributed by atoms with Gasteiger partial charge in [0.15, 0.2) is 5.65 Å². The summed E-state index contributed by atoms with van der Waals surface area (Å²) < 4.78 is 1.86. The maximum absolute atomic E-state index is 7.10. The van der Waals surface area contributed by atoms with Crippen molar-refractivity contribution >= 4 is 16.7 Å². The number of aromatic amines is 1. The topological polar surface area (TPSA) is 66.5 Å². The summed E-state index contributed by atoms with van der Waals surface area (Å²) in [4.78, 5) is 19.0. The molecule has 0 spiro atoms. The largest absolute Gasteiger partial charge is 0.353 e. The zero-order valence-corrected chi connectivity index (χ0v) is 19.2. The van der Waals surface area contributed by atoms with Gasteiger partial charge in [0.2, 0.25) is 0 Å². The SMILES string of the molecule is [C-]#[N+]CN1CCC(c2ccc3[nH]c(-c4cn5ncnc5c(C)c4C)c(C(C)C)c3n2)CC1. The molecule has 4 aromatic rings. The molecule has 0 aromatic carbocycles. The standard InChI is InChI=1S/C25H29N7/c1-15(2)22-23(19-12-32-25(27-13-28-32)17(4)16(19)3)30-21-7-6-20(29-24(21)22)18-8-10-31(11-9-18)14-26-5/h6-7,12-13,15,18,30H,8-11,14H2,1-4H3. The molecule has 0 unspecified atom stereocenters. The smallest absolute Gasteiger partial charge is 0.270 e. The first kappa shape index (κ1) is 20.7. The summed E-state index contributed by atoms with van der Waals surface area (Å²) in [7, 11) is 0. The van der Waals surface area contributed by atoms with Crippen molar-refractivity contribution < 1.29 is 0 Å². The first-order valence-corrected chi connectivity index (χ1v) is 11.4. The van der Waals surface area contributed by atoms with E-state index in [4.69, 9.17) is 11.6 Å². The van der Waals surface area contributed by atoms with E-state index in [1.54, 1.807) is 6.33 Å².